The second-order valence-corrected chi connectivity index (χ2v) is 6.78. The number of hydrogen-bond acceptors (Lipinski definition) is 4. The summed E-state index contributed by atoms with van der Waals surface area (Å²) in [6.45, 7) is 7.79. The summed E-state index contributed by atoms with van der Waals surface area (Å²) < 4.78 is 0. The van der Waals surface area contributed by atoms with E-state index in [1.807, 2.05) is 0 Å². The molecule has 0 radical (unpaired) electrons. The summed E-state index contributed by atoms with van der Waals surface area (Å²) in [5.74, 6) is 0. The Morgan fingerprint density at radius 3 is 2.06 bits per heavy atom. The summed E-state index contributed by atoms with van der Waals surface area (Å²) in [6.07, 6.45) is 2.90. The van der Waals surface area contributed by atoms with Crippen LogP contribution in [0.15, 0.2) is 0 Å². The van der Waals surface area contributed by atoms with Gasteiger partial charge in [-0.1, -0.05) is 20.8 Å². The minimum atomic E-state index is -0.370. The maximum Gasteiger partial charge on any atom is 0.0346 e. The van der Waals surface area contributed by atoms with Crippen molar-refractivity contribution in [1.29, 1.82) is 0 Å². The highest BCUT2D eigenvalue weighted by Gasteiger charge is 2.49. The van der Waals surface area contributed by atoms with Crippen LogP contribution in [0.1, 0.15) is 40.0 Å². The molecule has 0 aromatic rings. The summed E-state index contributed by atoms with van der Waals surface area (Å²) in [5, 5.41) is 0. The highest BCUT2D eigenvalue weighted by molar-refractivity contribution is 5.07. The zero-order valence-electron chi connectivity index (χ0n) is 10.9. The molecule has 4 heteroatoms. The third kappa shape index (κ3) is 2.74. The Morgan fingerprint density at radius 2 is 1.62 bits per heavy atom. The summed E-state index contributed by atoms with van der Waals surface area (Å²) >= 11 is 0. The molecule has 0 aromatic carbocycles. The van der Waals surface area contributed by atoms with Crippen molar-refractivity contribution in [2.75, 3.05) is 13.1 Å². The van der Waals surface area contributed by atoms with Crippen molar-refractivity contribution in [3.63, 3.8) is 0 Å². The Morgan fingerprint density at radius 1 is 1.06 bits per heavy atom. The van der Waals surface area contributed by atoms with Crippen molar-refractivity contribution in [2.24, 2.45) is 33.8 Å². The smallest absolute Gasteiger partial charge is 0.0346 e. The molecule has 3 unspecified atom stereocenters. The van der Waals surface area contributed by atoms with E-state index in [9.17, 15) is 0 Å². The molecule has 1 rings (SSSR count). The Kier molecular flexibility index (Phi) is 3.70. The number of hydrogen-bond donors (Lipinski definition) is 4. The monoisotopic (exact) mass is 228 g/mol. The zero-order chi connectivity index (χ0) is 12.6. The van der Waals surface area contributed by atoms with Crippen molar-refractivity contribution in [3.8, 4) is 0 Å². The average molecular weight is 228 g/mol. The first-order valence-corrected chi connectivity index (χ1v) is 6.11. The van der Waals surface area contributed by atoms with E-state index < -0.39 is 0 Å². The topological polar surface area (TPSA) is 104 Å². The molecular formula is C12H28N4. The van der Waals surface area contributed by atoms with Crippen LogP contribution in [0, 0.1) is 10.8 Å². The zero-order valence-corrected chi connectivity index (χ0v) is 10.9. The van der Waals surface area contributed by atoms with E-state index in [-0.39, 0.29) is 22.4 Å². The highest BCUT2D eigenvalue weighted by atomic mass is 14.9. The van der Waals surface area contributed by atoms with Crippen LogP contribution in [-0.4, -0.2) is 24.7 Å². The third-order valence-electron chi connectivity index (χ3n) is 3.95. The van der Waals surface area contributed by atoms with Gasteiger partial charge in [0.1, 0.15) is 0 Å². The van der Waals surface area contributed by atoms with Crippen molar-refractivity contribution in [1.82, 2.24) is 0 Å². The molecule has 0 aliphatic heterocycles. The average Bonchev–Trinajstić information content (AvgIpc) is 2.13. The molecule has 1 fully saturated rings. The second kappa shape index (κ2) is 4.26. The predicted molar refractivity (Wildman–Crippen MR) is 68.7 cm³/mol. The first-order valence-electron chi connectivity index (χ1n) is 6.11. The summed E-state index contributed by atoms with van der Waals surface area (Å²) in [4.78, 5) is 0. The molecule has 0 saturated heterocycles. The molecular weight excluding hydrogens is 200 g/mol. The summed E-state index contributed by atoms with van der Waals surface area (Å²) in [5.41, 5.74) is 24.0. The van der Waals surface area contributed by atoms with Crippen molar-refractivity contribution in [2.45, 2.75) is 51.6 Å². The molecule has 0 amide bonds. The molecule has 0 aromatic heterocycles. The summed E-state index contributed by atoms with van der Waals surface area (Å²) in [6, 6.07) is -0.141. The van der Waals surface area contributed by atoms with Gasteiger partial charge in [0.05, 0.1) is 0 Å². The van der Waals surface area contributed by atoms with Gasteiger partial charge >= 0.3 is 0 Å². The van der Waals surface area contributed by atoms with Gasteiger partial charge in [0.15, 0.2) is 0 Å². The van der Waals surface area contributed by atoms with Gasteiger partial charge < -0.3 is 22.9 Å². The molecule has 0 heterocycles. The maximum atomic E-state index is 6.48. The maximum absolute atomic E-state index is 6.48. The minimum absolute atomic E-state index is 0.0866. The van der Waals surface area contributed by atoms with E-state index in [1.165, 1.54) is 0 Å². The van der Waals surface area contributed by atoms with Gasteiger partial charge in [-0.3, -0.25) is 0 Å². The fourth-order valence-corrected chi connectivity index (χ4v) is 3.67. The minimum Gasteiger partial charge on any atom is -0.330 e. The van der Waals surface area contributed by atoms with Crippen LogP contribution in [0.5, 0.6) is 0 Å². The van der Waals surface area contributed by atoms with Gasteiger partial charge in [-0.15, -0.1) is 0 Å². The predicted octanol–water partition coefficient (Wildman–Crippen LogP) is 0.145. The fraction of sp³-hybridized carbons (Fsp3) is 1.00. The Bertz CT molecular complexity index is 253. The Labute approximate surface area is 99.1 Å². The number of nitrogens with two attached hydrogens (primary N) is 4. The Hall–Kier alpha value is -0.160. The van der Waals surface area contributed by atoms with Gasteiger partial charge in [0.25, 0.3) is 0 Å². The Balaban J connectivity index is 2.96. The third-order valence-corrected chi connectivity index (χ3v) is 3.95. The largest absolute Gasteiger partial charge is 0.330 e. The molecule has 1 aliphatic rings. The van der Waals surface area contributed by atoms with Crippen molar-refractivity contribution in [3.05, 3.63) is 0 Å². The quantitative estimate of drug-likeness (QED) is 0.551. The van der Waals surface area contributed by atoms with Crippen LogP contribution in [0.2, 0.25) is 0 Å². The molecule has 16 heavy (non-hydrogen) atoms. The van der Waals surface area contributed by atoms with E-state index in [0.29, 0.717) is 13.1 Å². The lowest BCUT2D eigenvalue weighted by molar-refractivity contribution is 0.0308. The van der Waals surface area contributed by atoms with E-state index >= 15 is 0 Å². The van der Waals surface area contributed by atoms with Crippen LogP contribution < -0.4 is 22.9 Å². The normalized spacial score (nSPS) is 40.7. The van der Waals surface area contributed by atoms with Crippen molar-refractivity contribution >= 4 is 0 Å². The molecule has 0 spiro atoms. The van der Waals surface area contributed by atoms with E-state index in [0.717, 1.165) is 19.3 Å². The molecule has 1 aliphatic carbocycles. The van der Waals surface area contributed by atoms with E-state index in [2.05, 4.69) is 20.8 Å². The molecule has 96 valence electrons. The van der Waals surface area contributed by atoms with Gasteiger partial charge in [-0.05, 0) is 36.6 Å². The van der Waals surface area contributed by atoms with Crippen molar-refractivity contribution < 1.29 is 0 Å². The van der Waals surface area contributed by atoms with Crippen LogP contribution in [0.3, 0.4) is 0 Å². The van der Waals surface area contributed by atoms with Gasteiger partial charge in [0.2, 0.25) is 0 Å². The van der Waals surface area contributed by atoms with Crippen LogP contribution in [-0.2, 0) is 0 Å². The van der Waals surface area contributed by atoms with Gasteiger partial charge in [-0.25, -0.2) is 0 Å². The molecule has 3 atom stereocenters. The van der Waals surface area contributed by atoms with E-state index in [4.69, 9.17) is 22.9 Å². The summed E-state index contributed by atoms with van der Waals surface area (Å²) in [7, 11) is 0. The SMILES string of the molecule is CC1(C)CC(C)(CN)CC(N)(C(N)CN)C1. The molecule has 1 saturated carbocycles. The second-order valence-electron chi connectivity index (χ2n) is 6.78. The molecule has 0 bridgehead atoms. The van der Waals surface area contributed by atoms with E-state index in [1.54, 1.807) is 0 Å². The first kappa shape index (κ1) is 13.9. The lowest BCUT2D eigenvalue weighted by Gasteiger charge is -2.53. The first-order chi connectivity index (χ1) is 7.16. The highest BCUT2D eigenvalue weighted by Crippen LogP contribution is 2.49. The van der Waals surface area contributed by atoms with Crippen LogP contribution in [0.25, 0.3) is 0 Å². The molecule has 4 nitrogen and oxygen atoms in total. The van der Waals surface area contributed by atoms with Gasteiger partial charge in [-0.2, -0.15) is 0 Å². The van der Waals surface area contributed by atoms with Crippen LogP contribution >= 0.6 is 0 Å². The van der Waals surface area contributed by atoms with Gasteiger partial charge in [0, 0.05) is 18.1 Å². The molecule has 8 N–H and O–H groups in total. The van der Waals surface area contributed by atoms with Crippen LogP contribution in [0.4, 0.5) is 0 Å². The lowest BCUT2D eigenvalue weighted by atomic mass is 9.56. The fourth-order valence-electron chi connectivity index (χ4n) is 3.67. The number of rotatable bonds is 3. The standard InChI is InChI=1S/C12H28N4/c1-10(2)5-11(3,8-14)7-12(16,6-10)9(15)4-13/h9H,4-8,13-16H2,1-3H3. The lowest BCUT2D eigenvalue weighted by Crippen LogP contribution is -2.65.